The molecule has 0 atom stereocenters. The highest BCUT2D eigenvalue weighted by molar-refractivity contribution is 9.10. The Morgan fingerprint density at radius 2 is 1.78 bits per heavy atom. The number of nitrogens with zero attached hydrogens (tertiary/aromatic N) is 1. The summed E-state index contributed by atoms with van der Waals surface area (Å²) in [4.78, 5) is 23.4. The number of carboxylic acid groups (broad SMARTS) is 1. The third-order valence-corrected chi connectivity index (χ3v) is 5.19. The van der Waals surface area contributed by atoms with Crippen molar-refractivity contribution in [1.29, 1.82) is 0 Å². The van der Waals surface area contributed by atoms with E-state index in [-0.39, 0.29) is 16.9 Å². The molecule has 32 heavy (non-hydrogen) atoms. The van der Waals surface area contributed by atoms with Crippen molar-refractivity contribution in [2.24, 2.45) is 0 Å². The monoisotopic (exact) mass is 507 g/mol. The summed E-state index contributed by atoms with van der Waals surface area (Å²) in [5, 5.41) is 8.99. The molecule has 3 rings (SSSR count). The summed E-state index contributed by atoms with van der Waals surface area (Å²) in [5.41, 5.74) is 1.79. The van der Waals surface area contributed by atoms with Crippen LogP contribution in [0.3, 0.4) is 0 Å². The minimum absolute atomic E-state index is 0.175. The molecule has 5 nitrogen and oxygen atoms in total. The molecule has 0 fully saturated rings. The van der Waals surface area contributed by atoms with Crippen LogP contribution in [-0.2, 0) is 13.0 Å². The first-order chi connectivity index (χ1) is 15.1. The number of aromatic nitrogens is 1. The van der Waals surface area contributed by atoms with E-state index in [0.717, 1.165) is 5.56 Å². The molecule has 1 heterocycles. The number of aryl methyl sites for hydroxylation is 1. The Morgan fingerprint density at radius 1 is 1.06 bits per heavy atom. The predicted octanol–water partition coefficient (Wildman–Crippen LogP) is 5.62. The van der Waals surface area contributed by atoms with Crippen molar-refractivity contribution < 1.29 is 27.8 Å². The standard InChI is InChI=1S/C23H17BrF3NO4/c24-19-9-11-21(29)28(13-12-15-4-7-17(8-5-15)22(30)31)20(19)10-6-16-2-1-3-18(14-16)32-23(25,26)27/h1-11,14H,12-13H2,(H,30,31). The van der Waals surface area contributed by atoms with Gasteiger partial charge in [-0.05, 0) is 69.9 Å². The molecule has 166 valence electrons. The molecule has 0 unspecified atom stereocenters. The van der Waals surface area contributed by atoms with Crippen molar-refractivity contribution >= 4 is 34.1 Å². The summed E-state index contributed by atoms with van der Waals surface area (Å²) in [6, 6.07) is 14.9. The summed E-state index contributed by atoms with van der Waals surface area (Å²) in [5.74, 6) is -1.36. The third kappa shape index (κ3) is 6.34. The van der Waals surface area contributed by atoms with Crippen LogP contribution in [0.5, 0.6) is 5.75 Å². The second-order valence-electron chi connectivity index (χ2n) is 6.76. The molecule has 0 aliphatic heterocycles. The first-order valence-corrected chi connectivity index (χ1v) is 10.2. The Balaban J connectivity index is 1.83. The molecule has 0 saturated carbocycles. The summed E-state index contributed by atoms with van der Waals surface area (Å²) < 4.78 is 43.4. The van der Waals surface area contributed by atoms with E-state index in [1.165, 1.54) is 41.0 Å². The van der Waals surface area contributed by atoms with E-state index in [2.05, 4.69) is 20.7 Å². The van der Waals surface area contributed by atoms with E-state index >= 15 is 0 Å². The number of alkyl halides is 3. The van der Waals surface area contributed by atoms with Crippen molar-refractivity contribution in [1.82, 2.24) is 4.57 Å². The Bertz CT molecular complexity index is 1200. The number of hydrogen-bond acceptors (Lipinski definition) is 3. The van der Waals surface area contributed by atoms with E-state index < -0.39 is 12.3 Å². The Morgan fingerprint density at radius 3 is 2.44 bits per heavy atom. The molecule has 0 aliphatic carbocycles. The van der Waals surface area contributed by atoms with Crippen LogP contribution in [0.4, 0.5) is 13.2 Å². The molecular formula is C23H17BrF3NO4. The Kier molecular flexibility index (Phi) is 7.19. The number of carboxylic acids is 1. The topological polar surface area (TPSA) is 68.5 Å². The number of ether oxygens (including phenoxy) is 1. The molecule has 1 aromatic heterocycles. The fourth-order valence-corrected chi connectivity index (χ4v) is 3.49. The van der Waals surface area contributed by atoms with Crippen molar-refractivity contribution in [2.45, 2.75) is 19.3 Å². The van der Waals surface area contributed by atoms with Crippen molar-refractivity contribution in [3.63, 3.8) is 0 Å². The first kappa shape index (κ1) is 23.3. The minimum Gasteiger partial charge on any atom is -0.478 e. The second kappa shape index (κ2) is 9.86. The van der Waals surface area contributed by atoms with Crippen molar-refractivity contribution in [2.75, 3.05) is 0 Å². The zero-order valence-electron chi connectivity index (χ0n) is 16.5. The lowest BCUT2D eigenvalue weighted by Crippen LogP contribution is -2.22. The van der Waals surface area contributed by atoms with Gasteiger partial charge in [0.2, 0.25) is 0 Å². The smallest absolute Gasteiger partial charge is 0.478 e. The van der Waals surface area contributed by atoms with E-state index in [9.17, 15) is 22.8 Å². The highest BCUT2D eigenvalue weighted by Gasteiger charge is 2.31. The van der Waals surface area contributed by atoms with Crippen LogP contribution in [0, 0.1) is 0 Å². The average molecular weight is 508 g/mol. The molecular weight excluding hydrogens is 491 g/mol. The Labute approximate surface area is 189 Å². The van der Waals surface area contributed by atoms with Gasteiger partial charge >= 0.3 is 12.3 Å². The van der Waals surface area contributed by atoms with Gasteiger partial charge in [0, 0.05) is 17.1 Å². The van der Waals surface area contributed by atoms with Gasteiger partial charge in [0.15, 0.2) is 0 Å². The van der Waals surface area contributed by atoms with Crippen LogP contribution < -0.4 is 10.3 Å². The fourth-order valence-electron chi connectivity index (χ4n) is 3.01. The van der Waals surface area contributed by atoms with Crippen LogP contribution in [0.2, 0.25) is 0 Å². The van der Waals surface area contributed by atoms with Gasteiger partial charge in [-0.2, -0.15) is 0 Å². The van der Waals surface area contributed by atoms with Gasteiger partial charge in [0.1, 0.15) is 5.75 Å². The summed E-state index contributed by atoms with van der Waals surface area (Å²) >= 11 is 3.41. The molecule has 0 saturated heterocycles. The lowest BCUT2D eigenvalue weighted by atomic mass is 10.1. The number of halogens is 4. The summed E-state index contributed by atoms with van der Waals surface area (Å²) in [6.07, 6.45) is -1.09. The SMILES string of the molecule is O=C(O)c1ccc(CCn2c(C=Cc3cccc(OC(F)(F)F)c3)c(Br)ccc2=O)cc1. The fraction of sp³-hybridized carbons (Fsp3) is 0.130. The summed E-state index contributed by atoms with van der Waals surface area (Å²) in [6.45, 7) is 0.321. The molecule has 0 radical (unpaired) electrons. The molecule has 1 N–H and O–H groups in total. The lowest BCUT2D eigenvalue weighted by Gasteiger charge is -2.12. The van der Waals surface area contributed by atoms with Crippen LogP contribution >= 0.6 is 15.9 Å². The third-order valence-electron chi connectivity index (χ3n) is 4.52. The zero-order chi connectivity index (χ0) is 23.3. The second-order valence-corrected chi connectivity index (χ2v) is 7.62. The molecule has 0 spiro atoms. The van der Waals surface area contributed by atoms with Gasteiger partial charge in [0.05, 0.1) is 11.3 Å². The number of rotatable bonds is 7. The lowest BCUT2D eigenvalue weighted by molar-refractivity contribution is -0.274. The maximum Gasteiger partial charge on any atom is 0.573 e. The highest BCUT2D eigenvalue weighted by Crippen LogP contribution is 2.25. The molecule has 2 aromatic carbocycles. The van der Waals surface area contributed by atoms with Gasteiger partial charge in [-0.1, -0.05) is 30.3 Å². The summed E-state index contributed by atoms with van der Waals surface area (Å²) in [7, 11) is 0. The predicted molar refractivity (Wildman–Crippen MR) is 118 cm³/mol. The van der Waals surface area contributed by atoms with E-state index in [1.807, 2.05) is 0 Å². The number of aromatic carboxylic acids is 1. The van der Waals surface area contributed by atoms with Crippen LogP contribution in [0.15, 0.2) is 69.9 Å². The van der Waals surface area contributed by atoms with Crippen molar-refractivity contribution in [3.05, 3.63) is 97.9 Å². The first-order valence-electron chi connectivity index (χ1n) is 9.38. The number of pyridine rings is 1. The highest BCUT2D eigenvalue weighted by atomic mass is 79.9. The van der Waals surface area contributed by atoms with Crippen LogP contribution in [-0.4, -0.2) is 22.0 Å². The maximum atomic E-state index is 12.5. The van der Waals surface area contributed by atoms with Gasteiger partial charge in [-0.3, -0.25) is 4.79 Å². The quantitative estimate of drug-likeness (QED) is 0.450. The molecule has 0 bridgehead atoms. The van der Waals surface area contributed by atoms with E-state index in [0.29, 0.717) is 28.7 Å². The van der Waals surface area contributed by atoms with Gasteiger partial charge in [-0.25, -0.2) is 4.79 Å². The van der Waals surface area contributed by atoms with E-state index in [1.54, 1.807) is 36.4 Å². The Hall–Kier alpha value is -3.33. The maximum absolute atomic E-state index is 12.5. The largest absolute Gasteiger partial charge is 0.573 e. The van der Waals surface area contributed by atoms with E-state index in [4.69, 9.17) is 5.11 Å². The minimum atomic E-state index is -4.78. The zero-order valence-corrected chi connectivity index (χ0v) is 18.1. The van der Waals surface area contributed by atoms with Crippen LogP contribution in [0.25, 0.3) is 12.2 Å². The van der Waals surface area contributed by atoms with Crippen LogP contribution in [0.1, 0.15) is 27.2 Å². The van der Waals surface area contributed by atoms with Crippen molar-refractivity contribution in [3.8, 4) is 5.75 Å². The van der Waals surface area contributed by atoms with Gasteiger partial charge < -0.3 is 14.4 Å². The number of hydrogen-bond donors (Lipinski definition) is 1. The average Bonchev–Trinajstić information content (AvgIpc) is 2.73. The number of benzene rings is 2. The van der Waals surface area contributed by atoms with Gasteiger partial charge in [-0.15, -0.1) is 13.2 Å². The molecule has 3 aromatic rings. The molecule has 9 heteroatoms. The molecule has 0 amide bonds. The normalized spacial score (nSPS) is 11.6. The molecule has 0 aliphatic rings. The number of carbonyl (C=O) groups is 1. The van der Waals surface area contributed by atoms with Gasteiger partial charge in [0.25, 0.3) is 5.56 Å².